The molecule has 1 amide bonds. The molecule has 88 valence electrons. The van der Waals surface area contributed by atoms with Crippen molar-refractivity contribution in [2.75, 3.05) is 39.4 Å². The summed E-state index contributed by atoms with van der Waals surface area (Å²) < 4.78 is 5.23. The van der Waals surface area contributed by atoms with E-state index in [4.69, 9.17) is 4.74 Å². The number of halogens is 1. The summed E-state index contributed by atoms with van der Waals surface area (Å²) in [6, 6.07) is 0. The molecule has 0 radical (unpaired) electrons. The number of carbonyl (C=O) groups is 1. The third-order valence-corrected chi connectivity index (χ3v) is 3.01. The Morgan fingerprint density at radius 1 is 1.20 bits per heavy atom. The summed E-state index contributed by atoms with van der Waals surface area (Å²) >= 11 is 0. The van der Waals surface area contributed by atoms with Crippen LogP contribution in [0.15, 0.2) is 0 Å². The fourth-order valence-corrected chi connectivity index (χ4v) is 2.11. The van der Waals surface area contributed by atoms with Gasteiger partial charge >= 0.3 is 0 Å². The van der Waals surface area contributed by atoms with Crippen LogP contribution in [-0.2, 0) is 9.53 Å². The molecule has 0 spiro atoms. The largest absolute Gasteiger partial charge is 1.00 e. The normalized spacial score (nSPS) is 23.3. The molecule has 0 bridgehead atoms. The summed E-state index contributed by atoms with van der Waals surface area (Å²) in [6.45, 7) is 4.94. The molecular formula is C10H18ClN2O2-. The predicted octanol–water partition coefficient (Wildman–Crippen LogP) is -3.15. The number of carbonyl (C=O) groups excluding carboxylic acids is 1. The first kappa shape index (κ1) is 12.7. The van der Waals surface area contributed by atoms with E-state index in [1.54, 1.807) is 0 Å². The molecule has 0 aromatic carbocycles. The quantitative estimate of drug-likeness (QED) is 0.520. The van der Waals surface area contributed by atoms with Crippen LogP contribution in [-0.4, -0.2) is 50.2 Å². The lowest BCUT2D eigenvalue weighted by Gasteiger charge is -2.32. The van der Waals surface area contributed by atoms with Gasteiger partial charge in [-0.25, -0.2) is 0 Å². The van der Waals surface area contributed by atoms with Gasteiger partial charge in [0.2, 0.25) is 5.91 Å². The van der Waals surface area contributed by atoms with E-state index in [9.17, 15) is 4.79 Å². The Kier molecular flexibility index (Phi) is 5.36. The van der Waals surface area contributed by atoms with Crippen molar-refractivity contribution in [3.8, 4) is 0 Å². The van der Waals surface area contributed by atoms with Crippen molar-refractivity contribution in [2.24, 2.45) is 5.92 Å². The van der Waals surface area contributed by atoms with Gasteiger partial charge in [-0.15, -0.1) is 0 Å². The van der Waals surface area contributed by atoms with E-state index in [-0.39, 0.29) is 18.3 Å². The molecular weight excluding hydrogens is 216 g/mol. The smallest absolute Gasteiger partial charge is 0.225 e. The van der Waals surface area contributed by atoms with Gasteiger partial charge in [0.1, 0.15) is 0 Å². The summed E-state index contributed by atoms with van der Waals surface area (Å²) in [5.41, 5.74) is 0. The molecule has 0 aromatic rings. The number of hydrogen-bond acceptors (Lipinski definition) is 3. The first-order valence-corrected chi connectivity index (χ1v) is 5.45. The summed E-state index contributed by atoms with van der Waals surface area (Å²) in [7, 11) is 0. The molecule has 15 heavy (non-hydrogen) atoms. The van der Waals surface area contributed by atoms with Gasteiger partial charge in [-0.2, -0.15) is 0 Å². The summed E-state index contributed by atoms with van der Waals surface area (Å²) in [6.07, 6.45) is 1.99. The van der Waals surface area contributed by atoms with Crippen LogP contribution < -0.4 is 17.7 Å². The number of nitrogens with zero attached hydrogens (tertiary/aromatic N) is 1. The summed E-state index contributed by atoms with van der Waals surface area (Å²) in [4.78, 5) is 14.0. The number of ether oxygens (including phenoxy) is 1. The molecule has 5 heteroatoms. The van der Waals surface area contributed by atoms with Crippen molar-refractivity contribution in [3.63, 3.8) is 0 Å². The Labute approximate surface area is 96.7 Å². The summed E-state index contributed by atoms with van der Waals surface area (Å²) in [5, 5.41) is 3.28. The SMILES string of the molecule is O=C(C1CCNCC1)N1CCOCC1.[Cl-]. The van der Waals surface area contributed by atoms with Crippen molar-refractivity contribution in [1.82, 2.24) is 10.2 Å². The second-order valence-electron chi connectivity index (χ2n) is 3.96. The second-order valence-corrected chi connectivity index (χ2v) is 3.96. The van der Waals surface area contributed by atoms with E-state index >= 15 is 0 Å². The first-order valence-electron chi connectivity index (χ1n) is 5.45. The van der Waals surface area contributed by atoms with E-state index < -0.39 is 0 Å². The number of piperidine rings is 1. The highest BCUT2D eigenvalue weighted by Gasteiger charge is 2.26. The molecule has 0 saturated carbocycles. The highest BCUT2D eigenvalue weighted by atomic mass is 35.5. The van der Waals surface area contributed by atoms with Crippen LogP contribution in [0.25, 0.3) is 0 Å². The highest BCUT2D eigenvalue weighted by Crippen LogP contribution is 2.15. The highest BCUT2D eigenvalue weighted by molar-refractivity contribution is 5.79. The minimum Gasteiger partial charge on any atom is -1.00 e. The Hall–Kier alpha value is -0.320. The van der Waals surface area contributed by atoms with Gasteiger partial charge in [-0.05, 0) is 25.9 Å². The monoisotopic (exact) mass is 233 g/mol. The Morgan fingerprint density at radius 2 is 1.80 bits per heavy atom. The minimum absolute atomic E-state index is 0. The zero-order chi connectivity index (χ0) is 9.80. The summed E-state index contributed by atoms with van der Waals surface area (Å²) in [5.74, 6) is 0.601. The average molecular weight is 234 g/mol. The van der Waals surface area contributed by atoms with E-state index in [1.807, 2.05) is 4.90 Å². The fourth-order valence-electron chi connectivity index (χ4n) is 2.11. The van der Waals surface area contributed by atoms with Gasteiger partial charge in [-0.3, -0.25) is 4.79 Å². The molecule has 0 aliphatic carbocycles. The maximum absolute atomic E-state index is 12.0. The molecule has 2 aliphatic rings. The first-order chi connectivity index (χ1) is 6.88. The molecule has 2 aliphatic heterocycles. The number of morpholine rings is 1. The lowest BCUT2D eigenvalue weighted by atomic mass is 9.96. The number of nitrogens with one attached hydrogen (secondary N) is 1. The van der Waals surface area contributed by atoms with E-state index in [2.05, 4.69) is 5.32 Å². The van der Waals surface area contributed by atoms with Gasteiger partial charge in [-0.1, -0.05) is 0 Å². The molecule has 4 nitrogen and oxygen atoms in total. The predicted molar refractivity (Wildman–Crippen MR) is 53.0 cm³/mol. The van der Waals surface area contributed by atoms with Crippen molar-refractivity contribution in [2.45, 2.75) is 12.8 Å². The number of amides is 1. The zero-order valence-corrected chi connectivity index (χ0v) is 9.63. The lowest BCUT2D eigenvalue weighted by Crippen LogP contribution is -3.00. The molecule has 2 heterocycles. The van der Waals surface area contributed by atoms with Crippen LogP contribution in [0.5, 0.6) is 0 Å². The van der Waals surface area contributed by atoms with Crippen LogP contribution in [0.2, 0.25) is 0 Å². The lowest BCUT2D eigenvalue weighted by molar-refractivity contribution is -0.140. The number of hydrogen-bond donors (Lipinski definition) is 1. The molecule has 2 saturated heterocycles. The molecule has 0 unspecified atom stereocenters. The maximum atomic E-state index is 12.0. The molecule has 2 fully saturated rings. The van der Waals surface area contributed by atoms with E-state index in [0.29, 0.717) is 19.1 Å². The van der Waals surface area contributed by atoms with Crippen LogP contribution in [0.3, 0.4) is 0 Å². The maximum Gasteiger partial charge on any atom is 0.225 e. The van der Waals surface area contributed by atoms with Gasteiger partial charge in [0, 0.05) is 19.0 Å². The van der Waals surface area contributed by atoms with Crippen LogP contribution in [0, 0.1) is 5.92 Å². The Bertz CT molecular complexity index is 182. The van der Waals surface area contributed by atoms with Crippen molar-refractivity contribution < 1.29 is 21.9 Å². The second kappa shape index (κ2) is 6.30. The van der Waals surface area contributed by atoms with Gasteiger partial charge in [0.05, 0.1) is 13.2 Å². The van der Waals surface area contributed by atoms with Gasteiger partial charge < -0.3 is 27.4 Å². The average Bonchev–Trinajstić information content (AvgIpc) is 2.30. The van der Waals surface area contributed by atoms with Crippen molar-refractivity contribution in [1.29, 1.82) is 0 Å². The van der Waals surface area contributed by atoms with Crippen LogP contribution in [0.4, 0.5) is 0 Å². The molecule has 0 atom stereocenters. The van der Waals surface area contributed by atoms with E-state index in [0.717, 1.165) is 39.0 Å². The van der Waals surface area contributed by atoms with Gasteiger partial charge in [0.15, 0.2) is 0 Å². The Balaban J connectivity index is 0.00000112. The zero-order valence-electron chi connectivity index (χ0n) is 8.88. The third kappa shape index (κ3) is 3.33. The topological polar surface area (TPSA) is 41.6 Å². The third-order valence-electron chi connectivity index (χ3n) is 3.01. The minimum atomic E-state index is 0. The van der Waals surface area contributed by atoms with E-state index in [1.165, 1.54) is 0 Å². The Morgan fingerprint density at radius 3 is 2.40 bits per heavy atom. The number of rotatable bonds is 1. The fraction of sp³-hybridized carbons (Fsp3) is 0.900. The standard InChI is InChI=1S/C10H18N2O2.ClH/c13-10(9-1-3-11-4-2-9)12-5-7-14-8-6-12;/h9,11H,1-8H2;1H/p-1. The van der Waals surface area contributed by atoms with Crippen molar-refractivity contribution >= 4 is 5.91 Å². The van der Waals surface area contributed by atoms with Gasteiger partial charge in [0.25, 0.3) is 0 Å². The molecule has 1 N–H and O–H groups in total. The van der Waals surface area contributed by atoms with Crippen LogP contribution >= 0.6 is 0 Å². The molecule has 2 rings (SSSR count). The van der Waals surface area contributed by atoms with Crippen LogP contribution in [0.1, 0.15) is 12.8 Å². The van der Waals surface area contributed by atoms with Crippen molar-refractivity contribution in [3.05, 3.63) is 0 Å². The molecule has 0 aromatic heterocycles.